The van der Waals surface area contributed by atoms with Crippen molar-refractivity contribution in [3.8, 4) is 0 Å². The molecule has 5 heteroatoms. The molecule has 0 bridgehead atoms. The van der Waals surface area contributed by atoms with Crippen LogP contribution in [0.15, 0.2) is 40.9 Å². The third-order valence-corrected chi connectivity index (χ3v) is 3.68. The molecule has 1 atom stereocenters. The van der Waals surface area contributed by atoms with E-state index >= 15 is 0 Å². The second-order valence-electron chi connectivity index (χ2n) is 4.47. The normalized spacial score (nSPS) is 12.4. The van der Waals surface area contributed by atoms with Crippen molar-refractivity contribution in [3.05, 3.63) is 69.4 Å². The van der Waals surface area contributed by atoms with E-state index in [-0.39, 0.29) is 11.9 Å². The van der Waals surface area contributed by atoms with Crippen LogP contribution in [0.4, 0.5) is 13.2 Å². The van der Waals surface area contributed by atoms with Gasteiger partial charge >= 0.3 is 0 Å². The summed E-state index contributed by atoms with van der Waals surface area (Å²) in [6.07, 6.45) is 0.290. The van der Waals surface area contributed by atoms with Gasteiger partial charge in [-0.3, -0.25) is 0 Å². The maximum Gasteiger partial charge on any atom is 0.142 e. The van der Waals surface area contributed by atoms with E-state index in [4.69, 9.17) is 0 Å². The maximum absolute atomic E-state index is 14.1. The van der Waals surface area contributed by atoms with Gasteiger partial charge in [-0.25, -0.2) is 13.2 Å². The van der Waals surface area contributed by atoms with Gasteiger partial charge in [-0.15, -0.1) is 0 Å². The zero-order valence-electron chi connectivity index (χ0n) is 10.8. The average Bonchev–Trinajstić information content (AvgIpc) is 2.38. The lowest BCUT2D eigenvalue weighted by Gasteiger charge is -2.18. The largest absolute Gasteiger partial charge is 0.313 e. The number of hydrogen-bond acceptors (Lipinski definition) is 1. The van der Waals surface area contributed by atoms with Crippen LogP contribution < -0.4 is 5.32 Å². The van der Waals surface area contributed by atoms with E-state index in [1.165, 1.54) is 12.1 Å². The minimum absolute atomic E-state index is 0.290. The van der Waals surface area contributed by atoms with E-state index in [0.717, 1.165) is 6.07 Å². The van der Waals surface area contributed by atoms with Crippen LogP contribution in [0.3, 0.4) is 0 Å². The van der Waals surface area contributed by atoms with Crippen molar-refractivity contribution in [1.29, 1.82) is 0 Å². The molecule has 2 aromatic carbocycles. The molecule has 0 saturated heterocycles. The summed E-state index contributed by atoms with van der Waals surface area (Å²) in [4.78, 5) is 0. The van der Waals surface area contributed by atoms with Crippen LogP contribution in [0.2, 0.25) is 0 Å². The summed E-state index contributed by atoms with van der Waals surface area (Å²) in [5, 5.41) is 2.97. The Hall–Kier alpha value is -1.33. The van der Waals surface area contributed by atoms with Gasteiger partial charge in [0.05, 0.1) is 4.47 Å². The molecule has 0 amide bonds. The van der Waals surface area contributed by atoms with E-state index in [2.05, 4.69) is 21.2 Å². The van der Waals surface area contributed by atoms with Crippen LogP contribution in [0, 0.1) is 17.5 Å². The van der Waals surface area contributed by atoms with E-state index in [9.17, 15) is 13.2 Å². The summed E-state index contributed by atoms with van der Waals surface area (Å²) >= 11 is 3.13. The maximum atomic E-state index is 14.1. The van der Waals surface area contributed by atoms with Gasteiger partial charge in [0.25, 0.3) is 0 Å². The van der Waals surface area contributed by atoms with Crippen LogP contribution >= 0.6 is 15.9 Å². The molecule has 0 aliphatic rings. The smallest absolute Gasteiger partial charge is 0.142 e. The highest BCUT2D eigenvalue weighted by atomic mass is 79.9. The molecule has 1 unspecified atom stereocenters. The fourth-order valence-corrected chi connectivity index (χ4v) is 2.50. The molecular formula is C15H13BrF3N. The molecule has 20 heavy (non-hydrogen) atoms. The average molecular weight is 344 g/mol. The molecule has 0 aromatic heterocycles. The summed E-state index contributed by atoms with van der Waals surface area (Å²) in [5.41, 5.74) is 0.924. The first-order valence-corrected chi connectivity index (χ1v) is 6.86. The Morgan fingerprint density at radius 3 is 2.35 bits per heavy atom. The summed E-state index contributed by atoms with van der Waals surface area (Å²) < 4.78 is 40.8. The van der Waals surface area contributed by atoms with Gasteiger partial charge in [-0.1, -0.05) is 12.1 Å². The minimum atomic E-state index is -0.635. The number of benzene rings is 2. The fourth-order valence-electron chi connectivity index (χ4n) is 2.12. The van der Waals surface area contributed by atoms with Crippen molar-refractivity contribution in [2.75, 3.05) is 7.05 Å². The Balaban J connectivity index is 2.31. The number of rotatable bonds is 4. The monoisotopic (exact) mass is 343 g/mol. The Morgan fingerprint density at radius 2 is 1.75 bits per heavy atom. The van der Waals surface area contributed by atoms with Gasteiger partial charge in [0.2, 0.25) is 0 Å². The number of nitrogens with one attached hydrogen (secondary N) is 1. The third kappa shape index (κ3) is 3.41. The Morgan fingerprint density at radius 1 is 1.10 bits per heavy atom. The first kappa shape index (κ1) is 15.1. The highest BCUT2D eigenvalue weighted by Gasteiger charge is 2.17. The van der Waals surface area contributed by atoms with Gasteiger partial charge in [-0.05, 0) is 53.2 Å². The van der Waals surface area contributed by atoms with Crippen molar-refractivity contribution in [3.63, 3.8) is 0 Å². The molecule has 0 saturated carbocycles. The topological polar surface area (TPSA) is 12.0 Å². The molecule has 0 aliphatic carbocycles. The number of halogens is 4. The van der Waals surface area contributed by atoms with Gasteiger partial charge in [0.15, 0.2) is 0 Å². The quantitative estimate of drug-likeness (QED) is 0.869. The fraction of sp³-hybridized carbons (Fsp3) is 0.200. The van der Waals surface area contributed by atoms with Crippen LogP contribution in [-0.2, 0) is 6.42 Å². The predicted octanol–water partition coefficient (Wildman–Crippen LogP) is 4.37. The molecule has 2 aromatic rings. The van der Waals surface area contributed by atoms with Gasteiger partial charge in [-0.2, -0.15) is 0 Å². The molecule has 1 nitrogen and oxygen atoms in total. The van der Waals surface area contributed by atoms with Gasteiger partial charge in [0.1, 0.15) is 17.5 Å². The number of likely N-dealkylation sites (N-methyl/N-ethyl adjacent to an activating group) is 1. The van der Waals surface area contributed by atoms with Crippen molar-refractivity contribution < 1.29 is 13.2 Å². The Labute approximate surface area is 123 Å². The first-order valence-electron chi connectivity index (χ1n) is 6.07. The third-order valence-electron chi connectivity index (χ3n) is 3.07. The molecule has 0 spiro atoms. The molecule has 1 N–H and O–H groups in total. The summed E-state index contributed by atoms with van der Waals surface area (Å²) in [7, 11) is 1.68. The SMILES string of the molecule is CNC(Cc1cc(F)cc(F)c1)c1cccc(Br)c1F. The van der Waals surface area contributed by atoms with Crippen LogP contribution in [0.25, 0.3) is 0 Å². The lowest BCUT2D eigenvalue weighted by atomic mass is 9.98. The van der Waals surface area contributed by atoms with E-state index in [1.54, 1.807) is 25.2 Å². The van der Waals surface area contributed by atoms with E-state index in [1.807, 2.05) is 0 Å². The summed E-state index contributed by atoms with van der Waals surface area (Å²) in [5.74, 6) is -1.64. The zero-order chi connectivity index (χ0) is 14.7. The van der Waals surface area contributed by atoms with Crippen molar-refractivity contribution in [2.45, 2.75) is 12.5 Å². The summed E-state index contributed by atoms with van der Waals surface area (Å²) in [6.45, 7) is 0. The highest BCUT2D eigenvalue weighted by Crippen LogP contribution is 2.26. The molecular weight excluding hydrogens is 331 g/mol. The first-order chi connectivity index (χ1) is 9.51. The molecule has 0 fully saturated rings. The predicted molar refractivity (Wildman–Crippen MR) is 76.0 cm³/mol. The second-order valence-corrected chi connectivity index (χ2v) is 5.32. The Kier molecular flexibility index (Phi) is 4.83. The van der Waals surface area contributed by atoms with Gasteiger partial charge in [0, 0.05) is 17.7 Å². The Bertz CT molecular complexity index is 596. The molecule has 2 rings (SSSR count). The van der Waals surface area contributed by atoms with Gasteiger partial charge < -0.3 is 5.32 Å². The zero-order valence-corrected chi connectivity index (χ0v) is 12.3. The second kappa shape index (κ2) is 6.41. The summed E-state index contributed by atoms with van der Waals surface area (Å²) in [6, 6.07) is 7.93. The van der Waals surface area contributed by atoms with Crippen LogP contribution in [0.5, 0.6) is 0 Å². The lowest BCUT2D eigenvalue weighted by molar-refractivity contribution is 0.525. The van der Waals surface area contributed by atoms with Crippen molar-refractivity contribution in [2.24, 2.45) is 0 Å². The van der Waals surface area contributed by atoms with E-state index in [0.29, 0.717) is 22.0 Å². The van der Waals surface area contributed by atoms with Crippen molar-refractivity contribution >= 4 is 15.9 Å². The lowest BCUT2D eigenvalue weighted by Crippen LogP contribution is -2.20. The van der Waals surface area contributed by atoms with Crippen LogP contribution in [-0.4, -0.2) is 7.05 Å². The molecule has 106 valence electrons. The standard InChI is InChI=1S/C15H13BrF3N/c1-20-14(12-3-2-4-13(16)15(12)19)7-9-5-10(17)8-11(18)6-9/h2-6,8,14,20H,7H2,1H3. The highest BCUT2D eigenvalue weighted by molar-refractivity contribution is 9.10. The van der Waals surface area contributed by atoms with Crippen molar-refractivity contribution in [1.82, 2.24) is 5.32 Å². The van der Waals surface area contributed by atoms with Crippen LogP contribution in [0.1, 0.15) is 17.2 Å². The molecule has 0 heterocycles. The molecule has 0 radical (unpaired) electrons. The molecule has 0 aliphatic heterocycles. The van der Waals surface area contributed by atoms with E-state index < -0.39 is 11.6 Å². The number of hydrogen-bond donors (Lipinski definition) is 1. The minimum Gasteiger partial charge on any atom is -0.313 e.